The molecule has 2 aromatic rings. The van der Waals surface area contributed by atoms with Crippen LogP contribution in [0, 0.1) is 6.92 Å². The minimum atomic E-state index is -0.0553. The summed E-state index contributed by atoms with van der Waals surface area (Å²) >= 11 is 7.84. The zero-order valence-electron chi connectivity index (χ0n) is 12.7. The first-order chi connectivity index (χ1) is 10.6. The quantitative estimate of drug-likeness (QED) is 0.737. The van der Waals surface area contributed by atoms with E-state index in [1.807, 2.05) is 19.1 Å². The van der Waals surface area contributed by atoms with E-state index in [9.17, 15) is 4.79 Å². The van der Waals surface area contributed by atoms with Crippen molar-refractivity contribution in [3.8, 4) is 0 Å². The van der Waals surface area contributed by atoms with Crippen LogP contribution in [0.1, 0.15) is 47.3 Å². The number of thiophene rings is 1. The number of amides is 1. The molecule has 1 amide bonds. The highest BCUT2D eigenvalue weighted by atomic mass is 35.5. The van der Waals surface area contributed by atoms with Gasteiger partial charge in [-0.2, -0.15) is 0 Å². The fourth-order valence-corrected chi connectivity index (χ4v) is 4.40. The Labute approximate surface area is 140 Å². The third kappa shape index (κ3) is 3.36. The predicted octanol–water partition coefficient (Wildman–Crippen LogP) is 5.48. The van der Waals surface area contributed by atoms with Crippen molar-refractivity contribution in [2.24, 2.45) is 0 Å². The molecule has 0 radical (unpaired) electrons. The summed E-state index contributed by atoms with van der Waals surface area (Å²) in [6.45, 7) is 2.74. The summed E-state index contributed by atoms with van der Waals surface area (Å²) in [5, 5.41) is 4.56. The first-order valence-corrected chi connectivity index (χ1v) is 8.99. The lowest BCUT2D eigenvalue weighted by Crippen LogP contribution is -2.24. The molecule has 1 aromatic carbocycles. The fourth-order valence-electron chi connectivity index (χ4n) is 2.87. The Bertz CT molecular complexity index is 732. The predicted molar refractivity (Wildman–Crippen MR) is 95.1 cm³/mol. The maximum atomic E-state index is 12.4. The molecule has 2 nitrogen and oxygen atoms in total. The van der Waals surface area contributed by atoms with Crippen LogP contribution in [-0.4, -0.2) is 12.5 Å². The van der Waals surface area contributed by atoms with Crippen molar-refractivity contribution in [2.45, 2.75) is 39.0 Å². The number of hydrogen-bond acceptors (Lipinski definition) is 2. The Morgan fingerprint density at radius 2 is 2.23 bits per heavy atom. The minimum absolute atomic E-state index is 0.0553. The van der Waals surface area contributed by atoms with Crippen LogP contribution in [0.2, 0.25) is 5.02 Å². The number of nitrogens with one attached hydrogen (secondary N) is 1. The van der Waals surface area contributed by atoms with Crippen LogP contribution in [0.5, 0.6) is 0 Å². The molecule has 3 rings (SSSR count). The highest BCUT2D eigenvalue weighted by molar-refractivity contribution is 7.21. The SMILES string of the molecule is Cc1ccc2c(Cl)c(C(=O)NCCC3=CCCCC3)sc2c1. The van der Waals surface area contributed by atoms with Gasteiger partial charge in [0.25, 0.3) is 5.91 Å². The summed E-state index contributed by atoms with van der Waals surface area (Å²) in [7, 11) is 0. The molecule has 0 atom stereocenters. The molecule has 22 heavy (non-hydrogen) atoms. The average Bonchev–Trinajstić information content (AvgIpc) is 2.84. The minimum Gasteiger partial charge on any atom is -0.351 e. The lowest BCUT2D eigenvalue weighted by molar-refractivity contribution is 0.0958. The molecule has 0 saturated heterocycles. The van der Waals surface area contributed by atoms with Crippen molar-refractivity contribution in [2.75, 3.05) is 6.54 Å². The van der Waals surface area contributed by atoms with E-state index in [-0.39, 0.29) is 5.91 Å². The van der Waals surface area contributed by atoms with Crippen molar-refractivity contribution in [3.63, 3.8) is 0 Å². The standard InChI is InChI=1S/C18H20ClNOS/c1-12-7-8-14-15(11-12)22-17(16(14)19)18(21)20-10-9-13-5-3-2-4-6-13/h5,7-8,11H,2-4,6,9-10H2,1H3,(H,20,21). The highest BCUT2D eigenvalue weighted by Crippen LogP contribution is 2.35. The normalized spacial score (nSPS) is 14.9. The lowest BCUT2D eigenvalue weighted by atomic mass is 9.97. The number of carbonyl (C=O) groups excluding carboxylic acids is 1. The number of allylic oxidation sites excluding steroid dienone is 1. The van der Waals surface area contributed by atoms with Crippen molar-refractivity contribution in [1.29, 1.82) is 0 Å². The third-order valence-electron chi connectivity index (χ3n) is 4.11. The number of aryl methyl sites for hydroxylation is 1. The molecule has 1 N–H and O–H groups in total. The van der Waals surface area contributed by atoms with E-state index in [1.54, 1.807) is 0 Å². The Kier molecular flexibility index (Phi) is 4.84. The number of rotatable bonds is 4. The molecule has 0 fully saturated rings. The molecule has 0 bridgehead atoms. The van der Waals surface area contributed by atoms with Gasteiger partial charge >= 0.3 is 0 Å². The topological polar surface area (TPSA) is 29.1 Å². The molecule has 1 aromatic heterocycles. The Morgan fingerprint density at radius 3 is 3.00 bits per heavy atom. The summed E-state index contributed by atoms with van der Waals surface area (Å²) in [4.78, 5) is 13.0. The van der Waals surface area contributed by atoms with Crippen LogP contribution in [-0.2, 0) is 0 Å². The monoisotopic (exact) mass is 333 g/mol. The molecular formula is C18H20ClNOS. The van der Waals surface area contributed by atoms with Crippen LogP contribution in [0.25, 0.3) is 10.1 Å². The Hall–Kier alpha value is -1.32. The second-order valence-corrected chi connectivity index (χ2v) is 7.29. The van der Waals surface area contributed by atoms with E-state index in [1.165, 1.54) is 48.2 Å². The van der Waals surface area contributed by atoms with Gasteiger partial charge in [-0.05, 0) is 50.7 Å². The molecule has 0 spiro atoms. The Balaban J connectivity index is 1.67. The van der Waals surface area contributed by atoms with Crippen LogP contribution >= 0.6 is 22.9 Å². The van der Waals surface area contributed by atoms with E-state index in [0.29, 0.717) is 16.4 Å². The van der Waals surface area contributed by atoms with Gasteiger partial charge in [-0.25, -0.2) is 0 Å². The van der Waals surface area contributed by atoms with E-state index < -0.39 is 0 Å². The number of benzene rings is 1. The molecular weight excluding hydrogens is 314 g/mol. The molecule has 1 aliphatic rings. The van der Waals surface area contributed by atoms with Crippen LogP contribution < -0.4 is 5.32 Å². The van der Waals surface area contributed by atoms with Crippen molar-refractivity contribution in [1.82, 2.24) is 5.32 Å². The molecule has 0 saturated carbocycles. The largest absolute Gasteiger partial charge is 0.351 e. The highest BCUT2D eigenvalue weighted by Gasteiger charge is 2.17. The van der Waals surface area contributed by atoms with Gasteiger partial charge in [-0.1, -0.05) is 35.4 Å². The van der Waals surface area contributed by atoms with Gasteiger partial charge in [0.05, 0.1) is 5.02 Å². The van der Waals surface area contributed by atoms with Gasteiger partial charge in [-0.3, -0.25) is 4.79 Å². The maximum absolute atomic E-state index is 12.4. The van der Waals surface area contributed by atoms with Gasteiger partial charge in [0, 0.05) is 16.6 Å². The summed E-state index contributed by atoms with van der Waals surface area (Å²) in [6.07, 6.45) is 8.22. The smallest absolute Gasteiger partial charge is 0.262 e. The van der Waals surface area contributed by atoms with Crippen molar-refractivity contribution < 1.29 is 4.79 Å². The van der Waals surface area contributed by atoms with E-state index in [0.717, 1.165) is 16.5 Å². The van der Waals surface area contributed by atoms with Gasteiger partial charge in [0.2, 0.25) is 0 Å². The summed E-state index contributed by atoms with van der Waals surface area (Å²) in [5.41, 5.74) is 2.66. The lowest BCUT2D eigenvalue weighted by Gasteiger charge is -2.12. The summed E-state index contributed by atoms with van der Waals surface area (Å²) < 4.78 is 1.07. The van der Waals surface area contributed by atoms with Crippen LogP contribution in [0.15, 0.2) is 29.8 Å². The summed E-state index contributed by atoms with van der Waals surface area (Å²) in [5.74, 6) is -0.0553. The number of hydrogen-bond donors (Lipinski definition) is 1. The zero-order valence-corrected chi connectivity index (χ0v) is 14.3. The van der Waals surface area contributed by atoms with Gasteiger partial charge in [-0.15, -0.1) is 11.3 Å². The number of carbonyl (C=O) groups is 1. The molecule has 116 valence electrons. The van der Waals surface area contributed by atoms with E-state index in [4.69, 9.17) is 11.6 Å². The van der Waals surface area contributed by atoms with E-state index in [2.05, 4.69) is 17.5 Å². The maximum Gasteiger partial charge on any atom is 0.262 e. The zero-order chi connectivity index (χ0) is 15.5. The Morgan fingerprint density at radius 1 is 1.36 bits per heavy atom. The molecule has 0 unspecified atom stereocenters. The number of fused-ring (bicyclic) bond motifs is 1. The molecule has 4 heteroatoms. The van der Waals surface area contributed by atoms with Crippen LogP contribution in [0.4, 0.5) is 0 Å². The van der Waals surface area contributed by atoms with Crippen molar-refractivity contribution >= 4 is 38.9 Å². The van der Waals surface area contributed by atoms with Gasteiger partial charge in [0.15, 0.2) is 0 Å². The second kappa shape index (κ2) is 6.84. The van der Waals surface area contributed by atoms with E-state index >= 15 is 0 Å². The first kappa shape index (κ1) is 15.6. The molecule has 1 heterocycles. The summed E-state index contributed by atoms with van der Waals surface area (Å²) in [6, 6.07) is 6.10. The third-order valence-corrected chi connectivity index (χ3v) is 5.76. The van der Waals surface area contributed by atoms with Crippen molar-refractivity contribution in [3.05, 3.63) is 45.3 Å². The van der Waals surface area contributed by atoms with Gasteiger partial charge in [0.1, 0.15) is 4.88 Å². The molecule has 0 aliphatic heterocycles. The van der Waals surface area contributed by atoms with Gasteiger partial charge < -0.3 is 5.32 Å². The second-order valence-electron chi connectivity index (χ2n) is 5.86. The average molecular weight is 334 g/mol. The van der Waals surface area contributed by atoms with Crippen LogP contribution in [0.3, 0.4) is 0 Å². The first-order valence-electron chi connectivity index (χ1n) is 7.80. The fraction of sp³-hybridized carbons (Fsp3) is 0.389. The number of halogens is 1. The molecule has 1 aliphatic carbocycles.